The number of nitrogens with one attached hydrogen (secondary N) is 1. The van der Waals surface area contributed by atoms with Crippen molar-refractivity contribution in [1.82, 2.24) is 10.3 Å². The number of hydrogen-bond acceptors (Lipinski definition) is 5. The molecule has 0 spiro atoms. The maximum atomic E-state index is 11.9. The van der Waals surface area contributed by atoms with Gasteiger partial charge in [-0.3, -0.25) is 9.59 Å². The molecule has 1 aliphatic heterocycles. The molecule has 18 heavy (non-hydrogen) atoms. The Balaban J connectivity index is 2.13. The van der Waals surface area contributed by atoms with E-state index < -0.39 is 23.3 Å². The van der Waals surface area contributed by atoms with Gasteiger partial charge in [0.2, 0.25) is 5.76 Å². The second-order valence-corrected chi connectivity index (χ2v) is 4.53. The number of ether oxygens (including phenoxy) is 1. The zero-order valence-electron chi connectivity index (χ0n) is 10.1. The van der Waals surface area contributed by atoms with Crippen molar-refractivity contribution in [2.24, 2.45) is 5.41 Å². The smallest absolute Gasteiger partial charge is 0.313 e. The summed E-state index contributed by atoms with van der Waals surface area (Å²) in [7, 11) is 0. The van der Waals surface area contributed by atoms with Crippen LogP contribution in [0.15, 0.2) is 10.8 Å². The standard InChI is InChI=1S/C11H14N2O5/c1-6-8(18-5-12-6)9(14)13-7-3-17-4-11(7,2)10(15)16/h5,7H,3-4H2,1-2H3,(H,13,14)(H,15,16). The molecule has 2 unspecified atom stereocenters. The third-order valence-electron chi connectivity index (χ3n) is 3.20. The van der Waals surface area contributed by atoms with Crippen LogP contribution in [-0.4, -0.2) is 41.2 Å². The van der Waals surface area contributed by atoms with Crippen LogP contribution in [-0.2, 0) is 9.53 Å². The predicted octanol–water partition coefficient (Wildman–Crippen LogP) is 0.203. The van der Waals surface area contributed by atoms with Crippen molar-refractivity contribution in [3.63, 3.8) is 0 Å². The highest BCUT2D eigenvalue weighted by Gasteiger charge is 2.47. The van der Waals surface area contributed by atoms with E-state index in [-0.39, 0.29) is 19.0 Å². The van der Waals surface area contributed by atoms with E-state index in [2.05, 4.69) is 10.3 Å². The van der Waals surface area contributed by atoms with Gasteiger partial charge in [-0.05, 0) is 13.8 Å². The number of carbonyl (C=O) groups excluding carboxylic acids is 1. The monoisotopic (exact) mass is 254 g/mol. The molecule has 0 aliphatic carbocycles. The summed E-state index contributed by atoms with van der Waals surface area (Å²) in [5.74, 6) is -1.39. The van der Waals surface area contributed by atoms with E-state index in [1.54, 1.807) is 13.8 Å². The summed E-state index contributed by atoms with van der Waals surface area (Å²) in [4.78, 5) is 26.9. The zero-order valence-corrected chi connectivity index (χ0v) is 10.1. The van der Waals surface area contributed by atoms with Gasteiger partial charge in [-0.15, -0.1) is 0 Å². The molecule has 98 valence electrons. The lowest BCUT2D eigenvalue weighted by molar-refractivity contribution is -0.148. The first-order valence-electron chi connectivity index (χ1n) is 5.47. The van der Waals surface area contributed by atoms with E-state index >= 15 is 0 Å². The van der Waals surface area contributed by atoms with E-state index in [9.17, 15) is 14.7 Å². The van der Waals surface area contributed by atoms with Crippen LogP contribution < -0.4 is 5.32 Å². The first-order valence-corrected chi connectivity index (χ1v) is 5.47. The largest absolute Gasteiger partial charge is 0.481 e. The lowest BCUT2D eigenvalue weighted by Gasteiger charge is -2.25. The molecule has 2 heterocycles. The highest BCUT2D eigenvalue weighted by Crippen LogP contribution is 2.29. The van der Waals surface area contributed by atoms with Crippen LogP contribution >= 0.6 is 0 Å². The molecule has 7 nitrogen and oxygen atoms in total. The summed E-state index contributed by atoms with van der Waals surface area (Å²) in [6, 6.07) is -0.591. The third-order valence-corrected chi connectivity index (χ3v) is 3.20. The van der Waals surface area contributed by atoms with Crippen molar-refractivity contribution in [1.29, 1.82) is 0 Å². The minimum absolute atomic E-state index is 0.0721. The van der Waals surface area contributed by atoms with Crippen molar-refractivity contribution in [3.8, 4) is 0 Å². The van der Waals surface area contributed by atoms with E-state index in [0.717, 1.165) is 0 Å². The van der Waals surface area contributed by atoms with E-state index in [1.165, 1.54) is 6.39 Å². The van der Waals surface area contributed by atoms with Gasteiger partial charge in [0.05, 0.1) is 24.9 Å². The molecule has 0 saturated carbocycles. The van der Waals surface area contributed by atoms with Crippen LogP contribution in [0.5, 0.6) is 0 Å². The number of rotatable bonds is 3. The van der Waals surface area contributed by atoms with E-state index in [4.69, 9.17) is 9.15 Å². The fraction of sp³-hybridized carbons (Fsp3) is 0.545. The molecule has 2 atom stereocenters. The number of oxazole rings is 1. The van der Waals surface area contributed by atoms with Gasteiger partial charge in [0.1, 0.15) is 5.41 Å². The Hall–Kier alpha value is -1.89. The Morgan fingerprint density at radius 1 is 1.61 bits per heavy atom. The second-order valence-electron chi connectivity index (χ2n) is 4.53. The molecular weight excluding hydrogens is 240 g/mol. The number of hydrogen-bond donors (Lipinski definition) is 2. The Labute approximate surface area is 103 Å². The predicted molar refractivity (Wildman–Crippen MR) is 59.1 cm³/mol. The molecule has 0 radical (unpaired) electrons. The zero-order chi connectivity index (χ0) is 13.3. The van der Waals surface area contributed by atoms with Crippen LogP contribution in [0.3, 0.4) is 0 Å². The maximum absolute atomic E-state index is 11.9. The molecule has 1 aromatic heterocycles. The molecule has 0 aromatic carbocycles. The number of carbonyl (C=O) groups is 2. The summed E-state index contributed by atoms with van der Waals surface area (Å²) in [5.41, 5.74) is -0.660. The third kappa shape index (κ3) is 1.97. The minimum Gasteiger partial charge on any atom is -0.481 e. The highest BCUT2D eigenvalue weighted by molar-refractivity contribution is 5.93. The van der Waals surface area contributed by atoms with Crippen molar-refractivity contribution in [2.45, 2.75) is 19.9 Å². The van der Waals surface area contributed by atoms with Crippen molar-refractivity contribution in [3.05, 3.63) is 17.8 Å². The molecule has 2 N–H and O–H groups in total. The number of amides is 1. The van der Waals surface area contributed by atoms with E-state index in [0.29, 0.717) is 5.69 Å². The molecule has 1 amide bonds. The molecule has 1 aromatic rings. The van der Waals surface area contributed by atoms with Gasteiger partial charge in [-0.25, -0.2) is 4.98 Å². The Kier molecular flexibility index (Phi) is 3.08. The molecule has 1 saturated heterocycles. The quantitative estimate of drug-likeness (QED) is 0.799. The summed E-state index contributed by atoms with van der Waals surface area (Å²) in [5, 5.41) is 11.8. The van der Waals surface area contributed by atoms with Crippen molar-refractivity contribution >= 4 is 11.9 Å². The van der Waals surface area contributed by atoms with Crippen LogP contribution in [0.25, 0.3) is 0 Å². The Morgan fingerprint density at radius 2 is 2.33 bits per heavy atom. The van der Waals surface area contributed by atoms with Gasteiger partial charge in [0.25, 0.3) is 5.91 Å². The molecule has 2 rings (SSSR count). The van der Waals surface area contributed by atoms with Crippen molar-refractivity contribution < 1.29 is 23.8 Å². The van der Waals surface area contributed by atoms with Crippen LogP contribution in [0, 0.1) is 12.3 Å². The average molecular weight is 254 g/mol. The molecule has 0 bridgehead atoms. The first kappa shape index (κ1) is 12.6. The van der Waals surface area contributed by atoms with E-state index in [1.807, 2.05) is 0 Å². The fourth-order valence-electron chi connectivity index (χ4n) is 1.83. The summed E-state index contributed by atoms with van der Waals surface area (Å²) >= 11 is 0. The molecule has 1 aliphatic rings. The topological polar surface area (TPSA) is 102 Å². The number of aryl methyl sites for hydroxylation is 1. The van der Waals surface area contributed by atoms with Gasteiger partial charge in [0, 0.05) is 0 Å². The lowest BCUT2D eigenvalue weighted by Crippen LogP contribution is -2.49. The summed E-state index contributed by atoms with van der Waals surface area (Å²) in [6.45, 7) is 3.42. The van der Waals surface area contributed by atoms with Gasteiger partial charge in [0.15, 0.2) is 6.39 Å². The number of carboxylic acid groups (broad SMARTS) is 1. The summed E-state index contributed by atoms with van der Waals surface area (Å²) in [6.07, 6.45) is 1.17. The first-order chi connectivity index (χ1) is 8.45. The van der Waals surface area contributed by atoms with Gasteiger partial charge in [-0.1, -0.05) is 0 Å². The SMILES string of the molecule is Cc1ncoc1C(=O)NC1COCC1(C)C(=O)O. The Bertz CT molecular complexity index is 484. The van der Waals surface area contributed by atoms with Gasteiger partial charge in [-0.2, -0.15) is 0 Å². The van der Waals surface area contributed by atoms with Crippen LogP contribution in [0.4, 0.5) is 0 Å². The molecule has 7 heteroatoms. The number of carboxylic acids is 1. The van der Waals surface area contributed by atoms with Crippen molar-refractivity contribution in [2.75, 3.05) is 13.2 Å². The maximum Gasteiger partial charge on any atom is 0.313 e. The fourth-order valence-corrected chi connectivity index (χ4v) is 1.83. The second kappa shape index (κ2) is 4.41. The van der Waals surface area contributed by atoms with Crippen LogP contribution in [0.1, 0.15) is 23.2 Å². The van der Waals surface area contributed by atoms with Gasteiger partial charge >= 0.3 is 5.97 Å². The summed E-state index contributed by atoms with van der Waals surface area (Å²) < 4.78 is 10.1. The van der Waals surface area contributed by atoms with Gasteiger partial charge < -0.3 is 19.6 Å². The number of aliphatic carboxylic acids is 1. The van der Waals surface area contributed by atoms with Crippen LogP contribution in [0.2, 0.25) is 0 Å². The lowest BCUT2D eigenvalue weighted by atomic mass is 9.85. The number of aromatic nitrogens is 1. The molecule has 1 fully saturated rings. The molecular formula is C11H14N2O5. The Morgan fingerprint density at radius 3 is 2.89 bits per heavy atom. The number of nitrogens with zero attached hydrogens (tertiary/aromatic N) is 1. The minimum atomic E-state index is -1.12. The normalized spacial score (nSPS) is 27.1. The highest BCUT2D eigenvalue weighted by atomic mass is 16.5. The average Bonchev–Trinajstić information content (AvgIpc) is 2.87.